The van der Waals surface area contributed by atoms with E-state index >= 15 is 0 Å². The van der Waals surface area contributed by atoms with Crippen molar-refractivity contribution in [1.82, 2.24) is 0 Å². The number of hydrogen-bond donors (Lipinski definition) is 2. The van der Waals surface area contributed by atoms with Crippen LogP contribution < -0.4 is 5.73 Å². The molecule has 1 aromatic carbocycles. The Balaban J connectivity index is 2.80. The number of carbonyl (C=O) groups is 1. The lowest BCUT2D eigenvalue weighted by Gasteiger charge is -2.03. The second kappa shape index (κ2) is 5.61. The Labute approximate surface area is 95.6 Å². The molecule has 0 aliphatic rings. The van der Waals surface area contributed by atoms with Crippen LogP contribution in [0.2, 0.25) is 0 Å². The molecular formula is C12H15NOS. The van der Waals surface area contributed by atoms with Crippen LogP contribution in [0.15, 0.2) is 30.3 Å². The Hall–Kier alpha value is -1.22. The summed E-state index contributed by atoms with van der Waals surface area (Å²) < 4.78 is 0. The van der Waals surface area contributed by atoms with E-state index in [1.165, 1.54) is 0 Å². The molecule has 0 spiro atoms. The van der Waals surface area contributed by atoms with Gasteiger partial charge >= 0.3 is 0 Å². The van der Waals surface area contributed by atoms with Gasteiger partial charge in [-0.05, 0) is 17.5 Å². The Morgan fingerprint density at radius 2 is 2.00 bits per heavy atom. The standard InChI is InChI=1S/C12H15NOS/c1-2-3-11(13)10-6-4-9(5-7-10)8-12(14)15/h3-7H,2,8,13H2,1H3,(H,14,15)/b11-3+. The lowest BCUT2D eigenvalue weighted by Crippen LogP contribution is -1.97. The van der Waals surface area contributed by atoms with E-state index in [-0.39, 0.29) is 5.12 Å². The predicted molar refractivity (Wildman–Crippen MR) is 66.6 cm³/mol. The minimum absolute atomic E-state index is 0.125. The summed E-state index contributed by atoms with van der Waals surface area (Å²) >= 11 is 3.73. The van der Waals surface area contributed by atoms with Crippen LogP contribution in [-0.4, -0.2) is 5.12 Å². The monoisotopic (exact) mass is 221 g/mol. The third kappa shape index (κ3) is 3.80. The maximum atomic E-state index is 10.8. The third-order valence-corrected chi connectivity index (χ3v) is 2.22. The van der Waals surface area contributed by atoms with E-state index in [1.54, 1.807) is 0 Å². The van der Waals surface area contributed by atoms with E-state index in [1.807, 2.05) is 37.3 Å². The Morgan fingerprint density at radius 1 is 1.40 bits per heavy atom. The highest BCUT2D eigenvalue weighted by atomic mass is 32.1. The average Bonchev–Trinajstić information content (AvgIpc) is 2.18. The number of allylic oxidation sites excluding steroid dienone is 1. The molecule has 1 aromatic rings. The van der Waals surface area contributed by atoms with Crippen molar-refractivity contribution < 1.29 is 4.79 Å². The number of hydrogen-bond acceptors (Lipinski definition) is 2. The quantitative estimate of drug-likeness (QED) is 0.767. The molecule has 0 saturated heterocycles. The van der Waals surface area contributed by atoms with Gasteiger partial charge in [0, 0.05) is 12.1 Å². The molecular weight excluding hydrogens is 206 g/mol. The Morgan fingerprint density at radius 3 is 2.47 bits per heavy atom. The summed E-state index contributed by atoms with van der Waals surface area (Å²) in [5, 5.41) is -0.125. The van der Waals surface area contributed by atoms with Crippen LogP contribution in [0.5, 0.6) is 0 Å². The molecule has 0 saturated carbocycles. The molecule has 0 heterocycles. The molecule has 0 unspecified atom stereocenters. The van der Waals surface area contributed by atoms with Crippen molar-refractivity contribution in [2.45, 2.75) is 19.8 Å². The van der Waals surface area contributed by atoms with Crippen molar-refractivity contribution >= 4 is 23.4 Å². The van der Waals surface area contributed by atoms with Crippen molar-refractivity contribution in [3.63, 3.8) is 0 Å². The van der Waals surface area contributed by atoms with Crippen LogP contribution in [0.4, 0.5) is 0 Å². The summed E-state index contributed by atoms with van der Waals surface area (Å²) in [6.45, 7) is 2.04. The van der Waals surface area contributed by atoms with E-state index in [9.17, 15) is 4.79 Å². The lowest BCUT2D eigenvalue weighted by molar-refractivity contribution is -0.110. The van der Waals surface area contributed by atoms with Gasteiger partial charge in [0.1, 0.15) is 0 Å². The maximum Gasteiger partial charge on any atom is 0.190 e. The smallest absolute Gasteiger partial charge is 0.190 e. The molecule has 2 N–H and O–H groups in total. The summed E-state index contributed by atoms with van der Waals surface area (Å²) in [6.07, 6.45) is 3.25. The fourth-order valence-corrected chi connectivity index (χ4v) is 1.51. The maximum absolute atomic E-state index is 10.8. The van der Waals surface area contributed by atoms with E-state index in [2.05, 4.69) is 12.6 Å². The lowest BCUT2D eigenvalue weighted by atomic mass is 10.1. The highest BCUT2D eigenvalue weighted by Gasteiger charge is 1.99. The zero-order valence-corrected chi connectivity index (χ0v) is 9.63. The Bertz CT molecular complexity index is 368. The molecule has 1 rings (SSSR count). The molecule has 0 aliphatic carbocycles. The van der Waals surface area contributed by atoms with Gasteiger partial charge in [-0.15, -0.1) is 12.6 Å². The van der Waals surface area contributed by atoms with E-state index in [0.29, 0.717) is 6.42 Å². The van der Waals surface area contributed by atoms with Crippen molar-refractivity contribution in [2.75, 3.05) is 0 Å². The van der Waals surface area contributed by atoms with E-state index in [0.717, 1.165) is 23.2 Å². The summed E-state index contributed by atoms with van der Waals surface area (Å²) in [5.41, 5.74) is 8.57. The number of thiol groups is 1. The van der Waals surface area contributed by atoms with Gasteiger partial charge in [-0.3, -0.25) is 4.79 Å². The van der Waals surface area contributed by atoms with Gasteiger partial charge < -0.3 is 5.73 Å². The van der Waals surface area contributed by atoms with Gasteiger partial charge in [0.2, 0.25) is 0 Å². The zero-order valence-electron chi connectivity index (χ0n) is 8.73. The van der Waals surface area contributed by atoms with Gasteiger partial charge in [-0.1, -0.05) is 37.3 Å². The average molecular weight is 221 g/mol. The second-order valence-corrected chi connectivity index (χ2v) is 3.83. The summed E-state index contributed by atoms with van der Waals surface area (Å²) in [5.74, 6) is 0. The van der Waals surface area contributed by atoms with Crippen LogP contribution in [0.1, 0.15) is 24.5 Å². The fraction of sp³-hybridized carbons (Fsp3) is 0.250. The molecule has 2 nitrogen and oxygen atoms in total. The predicted octanol–water partition coefficient (Wildman–Crippen LogP) is 2.40. The van der Waals surface area contributed by atoms with Crippen molar-refractivity contribution in [2.24, 2.45) is 5.73 Å². The first-order chi connectivity index (χ1) is 7.13. The largest absolute Gasteiger partial charge is 0.399 e. The van der Waals surface area contributed by atoms with Crippen molar-refractivity contribution in [3.8, 4) is 0 Å². The van der Waals surface area contributed by atoms with E-state index in [4.69, 9.17) is 5.73 Å². The fourth-order valence-electron chi connectivity index (χ4n) is 1.33. The molecule has 0 aromatic heterocycles. The summed E-state index contributed by atoms with van der Waals surface area (Å²) in [6, 6.07) is 7.65. The first kappa shape index (κ1) is 11.9. The Kier molecular flexibility index (Phi) is 4.43. The first-order valence-corrected chi connectivity index (χ1v) is 5.35. The molecule has 0 aliphatic heterocycles. The highest BCUT2D eigenvalue weighted by molar-refractivity contribution is 7.96. The molecule has 0 bridgehead atoms. The van der Waals surface area contributed by atoms with Crippen LogP contribution in [-0.2, 0) is 11.2 Å². The van der Waals surface area contributed by atoms with Crippen LogP contribution >= 0.6 is 12.6 Å². The minimum Gasteiger partial charge on any atom is -0.399 e. The number of rotatable bonds is 4. The van der Waals surface area contributed by atoms with Gasteiger partial charge in [-0.25, -0.2) is 0 Å². The van der Waals surface area contributed by atoms with Gasteiger partial charge in [-0.2, -0.15) is 0 Å². The minimum atomic E-state index is -0.125. The van der Waals surface area contributed by atoms with Crippen molar-refractivity contribution in [3.05, 3.63) is 41.5 Å². The topological polar surface area (TPSA) is 43.1 Å². The molecule has 0 amide bonds. The van der Waals surface area contributed by atoms with Crippen molar-refractivity contribution in [1.29, 1.82) is 0 Å². The van der Waals surface area contributed by atoms with Crippen LogP contribution in [0.25, 0.3) is 5.70 Å². The molecule has 0 radical (unpaired) electrons. The van der Waals surface area contributed by atoms with Crippen LogP contribution in [0.3, 0.4) is 0 Å². The normalized spacial score (nSPS) is 11.5. The number of benzene rings is 1. The summed E-state index contributed by atoms with van der Waals surface area (Å²) in [7, 11) is 0. The second-order valence-electron chi connectivity index (χ2n) is 3.34. The molecule has 0 atom stereocenters. The molecule has 15 heavy (non-hydrogen) atoms. The van der Waals surface area contributed by atoms with Gasteiger partial charge in [0.15, 0.2) is 5.12 Å². The third-order valence-electron chi connectivity index (χ3n) is 2.07. The van der Waals surface area contributed by atoms with Gasteiger partial charge in [0.05, 0.1) is 0 Å². The SMILES string of the molecule is CC/C=C(/N)c1ccc(CC(=O)S)cc1. The molecule has 80 valence electrons. The zero-order chi connectivity index (χ0) is 11.3. The van der Waals surface area contributed by atoms with E-state index < -0.39 is 0 Å². The highest BCUT2D eigenvalue weighted by Crippen LogP contribution is 2.12. The van der Waals surface area contributed by atoms with Crippen LogP contribution in [0, 0.1) is 0 Å². The number of nitrogens with two attached hydrogens (primary N) is 1. The first-order valence-electron chi connectivity index (χ1n) is 4.90. The number of carbonyl (C=O) groups excluding carboxylic acids is 1. The molecule has 0 fully saturated rings. The summed E-state index contributed by atoms with van der Waals surface area (Å²) in [4.78, 5) is 10.8. The van der Waals surface area contributed by atoms with Gasteiger partial charge in [0.25, 0.3) is 0 Å². The molecule has 3 heteroatoms.